The number of fused-ring (bicyclic) bond motifs is 2. The van der Waals surface area contributed by atoms with E-state index >= 15 is 0 Å². The summed E-state index contributed by atoms with van der Waals surface area (Å²) in [5, 5.41) is 15.4. The second-order valence-electron chi connectivity index (χ2n) is 8.71. The van der Waals surface area contributed by atoms with E-state index in [9.17, 15) is 4.79 Å². The fraction of sp³-hybridized carbons (Fsp3) is 0.222. The predicted octanol–water partition coefficient (Wildman–Crippen LogP) is 6.26. The van der Waals surface area contributed by atoms with Crippen molar-refractivity contribution in [3.8, 4) is 5.75 Å². The number of nitrogens with zero attached hydrogens (tertiary/aromatic N) is 3. The summed E-state index contributed by atoms with van der Waals surface area (Å²) in [6.45, 7) is 2.38. The maximum Gasteiger partial charge on any atom is 0.265 e. The molecule has 1 saturated heterocycles. The first kappa shape index (κ1) is 21.6. The fourth-order valence-corrected chi connectivity index (χ4v) is 5.31. The second kappa shape index (κ2) is 9.38. The topological polar surface area (TPSA) is 80.5 Å². The van der Waals surface area contributed by atoms with Crippen LogP contribution >= 0.6 is 11.3 Å². The lowest BCUT2D eigenvalue weighted by Crippen LogP contribution is -2.29. The average Bonchev–Trinajstić information content (AvgIpc) is 3.59. The van der Waals surface area contributed by atoms with Crippen LogP contribution in [0.3, 0.4) is 0 Å². The van der Waals surface area contributed by atoms with Gasteiger partial charge in [-0.3, -0.25) is 4.79 Å². The molecule has 5 aromatic rings. The Balaban J connectivity index is 1.14. The minimum absolute atomic E-state index is 0.193. The number of aromatic nitrogens is 2. The molecule has 1 amide bonds. The number of carbonyl (C=O) groups excluding carboxylic acids is 1. The molecule has 2 aromatic heterocycles. The van der Waals surface area contributed by atoms with Gasteiger partial charge < -0.3 is 15.0 Å². The van der Waals surface area contributed by atoms with Crippen LogP contribution in [0.4, 0.5) is 11.4 Å². The van der Waals surface area contributed by atoms with E-state index in [0.717, 1.165) is 48.3 Å². The van der Waals surface area contributed by atoms with Gasteiger partial charge in [0.1, 0.15) is 12.4 Å². The quantitative estimate of drug-likeness (QED) is 0.306. The molecule has 1 aliphatic heterocycles. The molecule has 1 fully saturated rings. The summed E-state index contributed by atoms with van der Waals surface area (Å²) < 4.78 is 11.0. The van der Waals surface area contributed by atoms with Crippen LogP contribution in [0.25, 0.3) is 21.8 Å². The molecule has 1 N–H and O–H groups in total. The standard InChI is InChI=1S/C27H24N4O3S/c32-27(28-22-10-11-23(26-25(22)29-34-30-26)31-12-4-1-5-13-31)24-14-18(17-35-24)16-33-21-9-8-19-6-2-3-7-20(19)15-21/h2-3,6-11,14-15,17H,1,4-5,12-13,16H2,(H,28,32). The van der Waals surface area contributed by atoms with Crippen molar-refractivity contribution in [2.75, 3.05) is 23.3 Å². The number of amides is 1. The molecule has 35 heavy (non-hydrogen) atoms. The van der Waals surface area contributed by atoms with Crippen LogP contribution < -0.4 is 15.0 Å². The molecule has 0 radical (unpaired) electrons. The van der Waals surface area contributed by atoms with E-state index in [0.29, 0.717) is 28.2 Å². The number of thiophene rings is 1. The maximum absolute atomic E-state index is 13.0. The Morgan fingerprint density at radius 2 is 1.80 bits per heavy atom. The van der Waals surface area contributed by atoms with E-state index in [1.54, 1.807) is 0 Å². The van der Waals surface area contributed by atoms with Crippen LogP contribution in [0.5, 0.6) is 5.75 Å². The van der Waals surface area contributed by atoms with E-state index in [4.69, 9.17) is 9.37 Å². The van der Waals surface area contributed by atoms with Crippen LogP contribution in [0, 0.1) is 0 Å². The minimum Gasteiger partial charge on any atom is -0.489 e. The number of hydrogen-bond acceptors (Lipinski definition) is 7. The fourth-order valence-electron chi connectivity index (χ4n) is 4.52. The number of nitrogens with one attached hydrogen (secondary N) is 1. The van der Waals surface area contributed by atoms with Gasteiger partial charge in [-0.1, -0.05) is 30.3 Å². The highest BCUT2D eigenvalue weighted by atomic mass is 32.1. The lowest BCUT2D eigenvalue weighted by molar-refractivity contribution is 0.103. The Hall–Kier alpha value is -3.91. The number of anilines is 2. The molecule has 8 heteroatoms. The number of benzene rings is 3. The van der Waals surface area contributed by atoms with Gasteiger partial charge in [0.05, 0.1) is 16.3 Å². The van der Waals surface area contributed by atoms with Crippen LogP contribution in [-0.2, 0) is 6.61 Å². The highest BCUT2D eigenvalue weighted by molar-refractivity contribution is 7.12. The van der Waals surface area contributed by atoms with Crippen molar-refractivity contribution in [2.45, 2.75) is 25.9 Å². The van der Waals surface area contributed by atoms with Crippen molar-refractivity contribution in [3.05, 3.63) is 76.5 Å². The molecule has 0 saturated carbocycles. The molecule has 0 aliphatic carbocycles. The maximum atomic E-state index is 13.0. The van der Waals surface area contributed by atoms with Crippen LogP contribution in [0.1, 0.15) is 34.5 Å². The number of carbonyl (C=O) groups is 1. The molecule has 7 nitrogen and oxygen atoms in total. The van der Waals surface area contributed by atoms with Crippen molar-refractivity contribution < 1.29 is 14.2 Å². The number of ether oxygens (including phenoxy) is 1. The molecular formula is C27H24N4O3S. The van der Waals surface area contributed by atoms with Crippen LogP contribution in [0.2, 0.25) is 0 Å². The molecule has 0 unspecified atom stereocenters. The number of rotatable bonds is 6. The molecule has 3 heterocycles. The summed E-state index contributed by atoms with van der Waals surface area (Å²) in [6.07, 6.45) is 3.58. The molecule has 0 spiro atoms. The van der Waals surface area contributed by atoms with Crippen molar-refractivity contribution in [2.24, 2.45) is 0 Å². The summed E-state index contributed by atoms with van der Waals surface area (Å²) in [4.78, 5) is 15.9. The monoisotopic (exact) mass is 484 g/mol. The summed E-state index contributed by atoms with van der Waals surface area (Å²) in [5.41, 5.74) is 3.79. The van der Waals surface area contributed by atoms with E-state index in [2.05, 4.69) is 32.7 Å². The van der Waals surface area contributed by atoms with Gasteiger partial charge in [-0.25, -0.2) is 4.63 Å². The smallest absolute Gasteiger partial charge is 0.265 e. The first-order valence-corrected chi connectivity index (χ1v) is 12.6. The Kier molecular flexibility index (Phi) is 5.79. The summed E-state index contributed by atoms with van der Waals surface area (Å²) in [6, 6.07) is 20.0. The average molecular weight is 485 g/mol. The highest BCUT2D eigenvalue weighted by Crippen LogP contribution is 2.32. The van der Waals surface area contributed by atoms with Crippen LogP contribution in [-0.4, -0.2) is 29.3 Å². The zero-order valence-corrected chi connectivity index (χ0v) is 19.9. The van der Waals surface area contributed by atoms with E-state index in [1.807, 2.05) is 53.9 Å². The predicted molar refractivity (Wildman–Crippen MR) is 138 cm³/mol. The SMILES string of the molecule is O=C(Nc1ccc(N2CCCCC2)c2nonc12)c1cc(COc2ccc3ccccc3c2)cs1. The first-order valence-electron chi connectivity index (χ1n) is 11.8. The number of hydrogen-bond donors (Lipinski definition) is 1. The molecular weight excluding hydrogens is 460 g/mol. The first-order chi connectivity index (χ1) is 17.2. The highest BCUT2D eigenvalue weighted by Gasteiger charge is 2.20. The van der Waals surface area contributed by atoms with E-state index in [1.165, 1.54) is 23.1 Å². The Labute approximate surface area is 206 Å². The molecule has 176 valence electrons. The van der Waals surface area contributed by atoms with Gasteiger partial charge in [0.2, 0.25) is 0 Å². The third kappa shape index (κ3) is 4.44. The lowest BCUT2D eigenvalue weighted by atomic mass is 10.1. The zero-order valence-electron chi connectivity index (χ0n) is 19.1. The molecule has 3 aromatic carbocycles. The molecule has 0 atom stereocenters. The van der Waals surface area contributed by atoms with Crippen molar-refractivity contribution in [1.29, 1.82) is 0 Å². The van der Waals surface area contributed by atoms with Gasteiger partial charge in [-0.15, -0.1) is 11.3 Å². The molecule has 0 bridgehead atoms. The third-order valence-corrected chi connectivity index (χ3v) is 7.32. The van der Waals surface area contributed by atoms with Gasteiger partial charge in [0.25, 0.3) is 5.91 Å². The lowest BCUT2D eigenvalue weighted by Gasteiger charge is -2.28. The van der Waals surface area contributed by atoms with Crippen LogP contribution in [0.15, 0.2) is 70.7 Å². The van der Waals surface area contributed by atoms with Gasteiger partial charge in [0.15, 0.2) is 11.0 Å². The Morgan fingerprint density at radius 1 is 0.971 bits per heavy atom. The molecule has 1 aliphatic rings. The summed E-state index contributed by atoms with van der Waals surface area (Å²) in [5.74, 6) is 0.609. The van der Waals surface area contributed by atoms with Crippen molar-refractivity contribution in [1.82, 2.24) is 10.3 Å². The second-order valence-corrected chi connectivity index (χ2v) is 9.62. The summed E-state index contributed by atoms with van der Waals surface area (Å²) in [7, 11) is 0. The van der Waals surface area contributed by atoms with Gasteiger partial charge >= 0.3 is 0 Å². The zero-order chi connectivity index (χ0) is 23.6. The minimum atomic E-state index is -0.193. The number of piperidine rings is 1. The summed E-state index contributed by atoms with van der Waals surface area (Å²) >= 11 is 1.39. The van der Waals surface area contributed by atoms with Crippen molar-refractivity contribution in [3.63, 3.8) is 0 Å². The largest absolute Gasteiger partial charge is 0.489 e. The van der Waals surface area contributed by atoms with Gasteiger partial charge in [0, 0.05) is 18.7 Å². The van der Waals surface area contributed by atoms with E-state index < -0.39 is 0 Å². The van der Waals surface area contributed by atoms with Gasteiger partial charge in [-0.2, -0.15) is 0 Å². The van der Waals surface area contributed by atoms with Gasteiger partial charge in [-0.05, 0) is 76.1 Å². The normalized spacial score (nSPS) is 13.9. The Morgan fingerprint density at radius 3 is 2.69 bits per heavy atom. The molecule has 6 rings (SSSR count). The van der Waals surface area contributed by atoms with E-state index in [-0.39, 0.29) is 5.91 Å². The Bertz CT molecular complexity index is 1500. The third-order valence-electron chi connectivity index (χ3n) is 6.34. The van der Waals surface area contributed by atoms with Crippen molar-refractivity contribution >= 4 is 50.4 Å².